The van der Waals surface area contributed by atoms with Crippen molar-refractivity contribution >= 4 is 44.2 Å². The highest BCUT2D eigenvalue weighted by molar-refractivity contribution is 9.10. The number of pyridine rings is 1. The summed E-state index contributed by atoms with van der Waals surface area (Å²) in [6, 6.07) is 14.2. The molecule has 1 amide bonds. The molecule has 4 rings (SSSR count). The fraction of sp³-hybridized carbons (Fsp3) is 0.0476. The first-order chi connectivity index (χ1) is 15.1. The maximum atomic E-state index is 12.5. The Morgan fingerprint density at radius 3 is 2.71 bits per heavy atom. The van der Waals surface area contributed by atoms with Gasteiger partial charge < -0.3 is 15.2 Å². The molecule has 0 aliphatic heterocycles. The molecule has 31 heavy (non-hydrogen) atoms. The van der Waals surface area contributed by atoms with E-state index in [1.165, 1.54) is 13.4 Å². The number of carbonyl (C=O) groups excluding carboxylic acids is 1. The van der Waals surface area contributed by atoms with Crippen LogP contribution in [0.25, 0.3) is 10.9 Å². The third kappa shape index (κ3) is 4.19. The van der Waals surface area contributed by atoms with Gasteiger partial charge in [0.1, 0.15) is 23.3 Å². The van der Waals surface area contributed by atoms with E-state index in [1.807, 2.05) is 18.2 Å². The quantitative estimate of drug-likeness (QED) is 0.354. The average molecular weight is 481 g/mol. The van der Waals surface area contributed by atoms with E-state index in [0.29, 0.717) is 22.6 Å². The zero-order valence-electron chi connectivity index (χ0n) is 16.3. The standard InChI is InChI=1S/C21H17BrN6O3/c1-30-15-7-3-2-5-13(15)20(29)28-27-19-17(23)21(26-11-25-19)31-16-9-8-14(22)12-6-4-10-24-18(12)16/h2-11H,23H2,1H3,(H,28,29)(H,25,26,27). The summed E-state index contributed by atoms with van der Waals surface area (Å²) in [5, 5.41) is 0.884. The van der Waals surface area contributed by atoms with Crippen LogP contribution in [0.2, 0.25) is 0 Å². The third-order valence-corrected chi connectivity index (χ3v) is 5.07. The van der Waals surface area contributed by atoms with Gasteiger partial charge in [0.2, 0.25) is 5.88 Å². The molecule has 0 saturated carbocycles. The second-order valence-corrected chi connectivity index (χ2v) is 7.12. The highest BCUT2D eigenvalue weighted by Gasteiger charge is 2.15. The molecular formula is C21H17BrN6O3. The summed E-state index contributed by atoms with van der Waals surface area (Å²) < 4.78 is 12.0. The smallest absolute Gasteiger partial charge is 0.273 e. The summed E-state index contributed by atoms with van der Waals surface area (Å²) in [4.78, 5) is 25.0. The van der Waals surface area contributed by atoms with Crippen LogP contribution in [0.4, 0.5) is 11.5 Å². The van der Waals surface area contributed by atoms with Gasteiger partial charge in [0.25, 0.3) is 5.91 Å². The first-order valence-corrected chi connectivity index (χ1v) is 9.88. The van der Waals surface area contributed by atoms with Gasteiger partial charge in [-0.15, -0.1) is 0 Å². The lowest BCUT2D eigenvalue weighted by Crippen LogP contribution is -2.30. The van der Waals surface area contributed by atoms with Crippen LogP contribution in [0.3, 0.4) is 0 Å². The van der Waals surface area contributed by atoms with Crippen LogP contribution in [-0.4, -0.2) is 28.0 Å². The second kappa shape index (κ2) is 8.84. The zero-order chi connectivity index (χ0) is 21.8. The van der Waals surface area contributed by atoms with Crippen molar-refractivity contribution in [2.75, 3.05) is 18.3 Å². The van der Waals surface area contributed by atoms with Crippen molar-refractivity contribution in [3.63, 3.8) is 0 Å². The number of nitrogen functional groups attached to an aromatic ring is 1. The Morgan fingerprint density at radius 2 is 1.87 bits per heavy atom. The maximum absolute atomic E-state index is 12.5. The summed E-state index contributed by atoms with van der Waals surface area (Å²) in [5.41, 5.74) is 12.5. The monoisotopic (exact) mass is 480 g/mol. The molecule has 0 spiro atoms. The van der Waals surface area contributed by atoms with Crippen molar-refractivity contribution in [2.45, 2.75) is 0 Å². The number of para-hydroxylation sites is 1. The highest BCUT2D eigenvalue weighted by atomic mass is 79.9. The summed E-state index contributed by atoms with van der Waals surface area (Å²) in [6.07, 6.45) is 2.95. The predicted molar refractivity (Wildman–Crippen MR) is 120 cm³/mol. The van der Waals surface area contributed by atoms with E-state index >= 15 is 0 Å². The number of nitrogens with two attached hydrogens (primary N) is 1. The highest BCUT2D eigenvalue weighted by Crippen LogP contribution is 2.35. The molecule has 9 nitrogen and oxygen atoms in total. The number of aromatic nitrogens is 3. The summed E-state index contributed by atoms with van der Waals surface area (Å²) in [5.74, 6) is 0.811. The lowest BCUT2D eigenvalue weighted by molar-refractivity contribution is 0.0959. The Hall–Kier alpha value is -3.92. The normalized spacial score (nSPS) is 10.5. The van der Waals surface area contributed by atoms with Crippen LogP contribution in [0.15, 0.2) is 65.5 Å². The Bertz CT molecular complexity index is 1270. The first-order valence-electron chi connectivity index (χ1n) is 9.09. The van der Waals surface area contributed by atoms with Crippen molar-refractivity contribution in [2.24, 2.45) is 0 Å². The van der Waals surface area contributed by atoms with Crippen LogP contribution in [-0.2, 0) is 0 Å². The fourth-order valence-electron chi connectivity index (χ4n) is 2.87. The number of carbonyl (C=O) groups is 1. The van der Waals surface area contributed by atoms with E-state index in [1.54, 1.807) is 36.5 Å². The van der Waals surface area contributed by atoms with Crippen molar-refractivity contribution < 1.29 is 14.3 Å². The van der Waals surface area contributed by atoms with Crippen LogP contribution in [0, 0.1) is 0 Å². The molecule has 10 heteroatoms. The number of ether oxygens (including phenoxy) is 2. The van der Waals surface area contributed by atoms with E-state index < -0.39 is 5.91 Å². The van der Waals surface area contributed by atoms with Crippen molar-refractivity contribution in [3.05, 3.63) is 71.1 Å². The maximum Gasteiger partial charge on any atom is 0.273 e. The molecule has 0 atom stereocenters. The van der Waals surface area contributed by atoms with E-state index in [0.717, 1.165) is 9.86 Å². The average Bonchev–Trinajstić information content (AvgIpc) is 2.81. The zero-order valence-corrected chi connectivity index (χ0v) is 17.9. The number of amides is 1. The molecule has 0 radical (unpaired) electrons. The number of rotatable bonds is 6. The SMILES string of the molecule is COc1ccccc1C(=O)NNc1ncnc(Oc2ccc(Br)c3cccnc23)c1N. The number of halogens is 1. The van der Waals surface area contributed by atoms with Crippen LogP contribution >= 0.6 is 15.9 Å². The minimum Gasteiger partial charge on any atom is -0.496 e. The van der Waals surface area contributed by atoms with E-state index in [4.69, 9.17) is 15.2 Å². The number of methoxy groups -OCH3 is 1. The molecule has 2 heterocycles. The molecular weight excluding hydrogens is 464 g/mol. The molecule has 0 aliphatic rings. The van der Waals surface area contributed by atoms with Gasteiger partial charge >= 0.3 is 0 Å². The molecule has 0 bridgehead atoms. The summed E-state index contributed by atoms with van der Waals surface area (Å²) >= 11 is 3.50. The number of nitrogens with one attached hydrogen (secondary N) is 2. The third-order valence-electron chi connectivity index (χ3n) is 4.38. The minimum absolute atomic E-state index is 0.120. The first kappa shape index (κ1) is 20.4. The Morgan fingerprint density at radius 1 is 1.03 bits per heavy atom. The van der Waals surface area contributed by atoms with Crippen LogP contribution in [0.5, 0.6) is 17.4 Å². The topological polar surface area (TPSA) is 124 Å². The van der Waals surface area contributed by atoms with Gasteiger partial charge in [-0.25, -0.2) is 4.98 Å². The Labute approximate surface area is 185 Å². The molecule has 0 aliphatic carbocycles. The molecule has 156 valence electrons. The molecule has 2 aromatic heterocycles. The number of benzene rings is 2. The number of fused-ring (bicyclic) bond motifs is 1. The number of hydrogen-bond donors (Lipinski definition) is 3. The number of hydrazine groups is 1. The van der Waals surface area contributed by atoms with E-state index in [-0.39, 0.29) is 17.4 Å². The molecule has 4 aromatic rings. The van der Waals surface area contributed by atoms with Crippen LogP contribution < -0.4 is 26.1 Å². The predicted octanol–water partition coefficient (Wildman–Crippen LogP) is 3.93. The molecule has 4 N–H and O–H groups in total. The van der Waals surface area contributed by atoms with Crippen LogP contribution in [0.1, 0.15) is 10.4 Å². The Balaban J connectivity index is 1.55. The number of hydrogen-bond acceptors (Lipinski definition) is 8. The van der Waals surface area contributed by atoms with Gasteiger partial charge in [0.05, 0.1) is 12.7 Å². The lowest BCUT2D eigenvalue weighted by atomic mass is 10.2. The van der Waals surface area contributed by atoms with Gasteiger partial charge in [0, 0.05) is 16.1 Å². The molecule has 2 aromatic carbocycles. The van der Waals surface area contributed by atoms with Crippen molar-refractivity contribution in [1.29, 1.82) is 0 Å². The van der Waals surface area contributed by atoms with Gasteiger partial charge in [-0.1, -0.05) is 34.1 Å². The van der Waals surface area contributed by atoms with Crippen molar-refractivity contribution in [3.8, 4) is 17.4 Å². The molecule has 0 unspecified atom stereocenters. The fourth-order valence-corrected chi connectivity index (χ4v) is 3.33. The summed E-state index contributed by atoms with van der Waals surface area (Å²) in [7, 11) is 1.49. The number of anilines is 2. The molecule has 0 fully saturated rings. The van der Waals surface area contributed by atoms with E-state index in [9.17, 15) is 4.79 Å². The largest absolute Gasteiger partial charge is 0.496 e. The number of nitrogens with zero attached hydrogens (tertiary/aromatic N) is 3. The van der Waals surface area contributed by atoms with Gasteiger partial charge in [-0.3, -0.25) is 20.6 Å². The van der Waals surface area contributed by atoms with Gasteiger partial charge in [-0.05, 0) is 30.3 Å². The minimum atomic E-state index is -0.416. The Kier molecular flexibility index (Phi) is 5.80. The van der Waals surface area contributed by atoms with Gasteiger partial charge in [0.15, 0.2) is 11.6 Å². The lowest BCUT2D eigenvalue weighted by Gasteiger charge is -2.14. The summed E-state index contributed by atoms with van der Waals surface area (Å²) in [6.45, 7) is 0. The van der Waals surface area contributed by atoms with Gasteiger partial charge in [-0.2, -0.15) is 4.98 Å². The molecule has 0 saturated heterocycles. The van der Waals surface area contributed by atoms with E-state index in [2.05, 4.69) is 41.7 Å². The van der Waals surface area contributed by atoms with Crippen molar-refractivity contribution in [1.82, 2.24) is 20.4 Å². The second-order valence-electron chi connectivity index (χ2n) is 6.27.